The Labute approximate surface area is 178 Å². The van der Waals surface area contributed by atoms with Crippen molar-refractivity contribution in [3.8, 4) is 11.3 Å². The molecular formula is C25H19FN2O3. The predicted molar refractivity (Wildman–Crippen MR) is 118 cm³/mol. The average molecular weight is 414 g/mol. The summed E-state index contributed by atoms with van der Waals surface area (Å²) in [5.41, 5.74) is 4.79. The van der Waals surface area contributed by atoms with Crippen molar-refractivity contribution in [1.82, 2.24) is 4.98 Å². The van der Waals surface area contributed by atoms with Crippen LogP contribution in [0.15, 0.2) is 66.7 Å². The van der Waals surface area contributed by atoms with Gasteiger partial charge in [-0.25, -0.2) is 14.2 Å². The third-order valence-corrected chi connectivity index (χ3v) is 5.19. The number of carboxylic acids is 1. The summed E-state index contributed by atoms with van der Waals surface area (Å²) in [5, 5.41) is 12.3. The van der Waals surface area contributed by atoms with Gasteiger partial charge < -0.3 is 10.4 Å². The number of hydrogen-bond donors (Lipinski definition) is 2. The molecule has 0 bridgehead atoms. The Hall–Kier alpha value is -4.06. The van der Waals surface area contributed by atoms with E-state index in [1.165, 1.54) is 30.3 Å². The van der Waals surface area contributed by atoms with Gasteiger partial charge in [-0.3, -0.25) is 4.79 Å². The number of amides is 1. The van der Waals surface area contributed by atoms with Crippen molar-refractivity contribution < 1.29 is 19.1 Å². The lowest BCUT2D eigenvalue weighted by molar-refractivity contribution is 0.0696. The highest BCUT2D eigenvalue weighted by molar-refractivity contribution is 6.13. The van der Waals surface area contributed by atoms with Crippen molar-refractivity contribution in [3.63, 3.8) is 0 Å². The van der Waals surface area contributed by atoms with Gasteiger partial charge in [0.25, 0.3) is 5.91 Å². The highest BCUT2D eigenvalue weighted by atomic mass is 19.1. The molecule has 0 atom stereocenters. The largest absolute Gasteiger partial charge is 0.478 e. The first-order valence-corrected chi connectivity index (χ1v) is 9.64. The maximum atomic E-state index is 13.9. The van der Waals surface area contributed by atoms with E-state index in [9.17, 15) is 19.1 Å². The van der Waals surface area contributed by atoms with Crippen molar-refractivity contribution >= 4 is 28.5 Å². The summed E-state index contributed by atoms with van der Waals surface area (Å²) in [5.74, 6) is -2.05. The molecule has 0 fully saturated rings. The third-order valence-electron chi connectivity index (χ3n) is 5.19. The van der Waals surface area contributed by atoms with Gasteiger partial charge in [0.2, 0.25) is 0 Å². The molecule has 4 rings (SSSR count). The van der Waals surface area contributed by atoms with E-state index in [0.29, 0.717) is 22.3 Å². The van der Waals surface area contributed by atoms with E-state index < -0.39 is 17.7 Å². The van der Waals surface area contributed by atoms with Crippen molar-refractivity contribution in [2.24, 2.45) is 0 Å². The Morgan fingerprint density at radius 1 is 0.935 bits per heavy atom. The number of nitrogens with one attached hydrogen (secondary N) is 1. The number of nitrogens with zero attached hydrogens (tertiary/aromatic N) is 1. The van der Waals surface area contributed by atoms with Crippen LogP contribution >= 0.6 is 0 Å². The number of aryl methyl sites for hydroxylation is 2. The number of halogens is 1. The first-order chi connectivity index (χ1) is 14.8. The van der Waals surface area contributed by atoms with Gasteiger partial charge in [-0.05, 0) is 73.5 Å². The smallest absolute Gasteiger partial charge is 0.335 e. The number of carbonyl (C=O) groups is 2. The fourth-order valence-electron chi connectivity index (χ4n) is 3.36. The molecular weight excluding hydrogens is 395 g/mol. The van der Waals surface area contributed by atoms with E-state index >= 15 is 0 Å². The van der Waals surface area contributed by atoms with E-state index in [-0.39, 0.29) is 11.1 Å². The number of hydrogen-bond acceptors (Lipinski definition) is 3. The first-order valence-electron chi connectivity index (χ1n) is 9.64. The molecule has 1 heterocycles. The van der Waals surface area contributed by atoms with Crippen LogP contribution in [0.2, 0.25) is 0 Å². The van der Waals surface area contributed by atoms with Crippen molar-refractivity contribution in [2.45, 2.75) is 13.8 Å². The second kappa shape index (κ2) is 7.99. The summed E-state index contributed by atoms with van der Waals surface area (Å²) in [4.78, 5) is 28.9. The molecule has 6 heteroatoms. The van der Waals surface area contributed by atoms with E-state index in [0.717, 1.165) is 16.7 Å². The summed E-state index contributed by atoms with van der Waals surface area (Å²) in [7, 11) is 0. The van der Waals surface area contributed by atoms with E-state index in [1.807, 2.05) is 32.0 Å². The Balaban J connectivity index is 1.82. The number of fused-ring (bicyclic) bond motifs is 1. The molecule has 154 valence electrons. The van der Waals surface area contributed by atoms with Gasteiger partial charge in [0.15, 0.2) is 0 Å². The quantitative estimate of drug-likeness (QED) is 0.455. The molecule has 1 amide bonds. The zero-order valence-electron chi connectivity index (χ0n) is 16.9. The van der Waals surface area contributed by atoms with E-state index in [4.69, 9.17) is 0 Å². The minimum absolute atomic E-state index is 0.0549. The molecule has 1 aromatic heterocycles. The minimum Gasteiger partial charge on any atom is -0.478 e. The molecule has 0 unspecified atom stereocenters. The van der Waals surface area contributed by atoms with Crippen LogP contribution in [0.1, 0.15) is 31.8 Å². The summed E-state index contributed by atoms with van der Waals surface area (Å²) in [6, 6.07) is 17.6. The molecule has 31 heavy (non-hydrogen) atoms. The third kappa shape index (κ3) is 4.14. The van der Waals surface area contributed by atoms with Gasteiger partial charge >= 0.3 is 5.97 Å². The molecule has 2 N–H and O–H groups in total. The van der Waals surface area contributed by atoms with Crippen LogP contribution in [0.25, 0.3) is 22.2 Å². The lowest BCUT2D eigenvalue weighted by Gasteiger charge is -2.12. The second-order valence-corrected chi connectivity index (χ2v) is 7.36. The molecule has 0 aliphatic heterocycles. The van der Waals surface area contributed by atoms with Gasteiger partial charge in [0, 0.05) is 16.6 Å². The van der Waals surface area contributed by atoms with Crippen LogP contribution in [0.3, 0.4) is 0 Å². The minimum atomic E-state index is -1.09. The monoisotopic (exact) mass is 414 g/mol. The predicted octanol–water partition coefficient (Wildman–Crippen LogP) is 5.61. The summed E-state index contributed by atoms with van der Waals surface area (Å²) >= 11 is 0. The van der Waals surface area contributed by atoms with Gasteiger partial charge in [0.05, 0.1) is 22.3 Å². The highest BCUT2D eigenvalue weighted by Gasteiger charge is 2.16. The molecule has 4 aromatic rings. The van der Waals surface area contributed by atoms with Crippen LogP contribution in [0.4, 0.5) is 10.1 Å². The Morgan fingerprint density at radius 2 is 1.74 bits per heavy atom. The van der Waals surface area contributed by atoms with Gasteiger partial charge in [-0.2, -0.15) is 0 Å². The topological polar surface area (TPSA) is 79.3 Å². The lowest BCUT2D eigenvalue weighted by Crippen LogP contribution is -2.13. The van der Waals surface area contributed by atoms with Crippen molar-refractivity contribution in [2.75, 3.05) is 5.32 Å². The van der Waals surface area contributed by atoms with E-state index in [1.54, 1.807) is 18.2 Å². The SMILES string of the molecule is Cc1ccc(-c2cc(C(=O)Nc3cccc(C(=O)O)c3)c3cc(F)ccc3n2)cc1C. The zero-order chi connectivity index (χ0) is 22.1. The Bertz CT molecular complexity index is 1350. The Morgan fingerprint density at radius 3 is 2.48 bits per heavy atom. The van der Waals surface area contributed by atoms with Crippen LogP contribution in [-0.2, 0) is 0 Å². The molecule has 0 aliphatic rings. The number of benzene rings is 3. The normalized spacial score (nSPS) is 10.8. The molecule has 5 nitrogen and oxygen atoms in total. The van der Waals surface area contributed by atoms with Crippen molar-refractivity contribution in [1.29, 1.82) is 0 Å². The van der Waals surface area contributed by atoms with Crippen LogP contribution in [0.5, 0.6) is 0 Å². The molecule has 3 aromatic carbocycles. The molecule has 0 saturated heterocycles. The van der Waals surface area contributed by atoms with Crippen LogP contribution in [-0.4, -0.2) is 22.0 Å². The standard InChI is InChI=1S/C25H19FN2O3/c1-14-6-7-16(10-15(14)2)23-13-21(20-12-18(26)8-9-22(20)28-23)24(29)27-19-5-3-4-17(11-19)25(30)31/h3-13H,1-2H3,(H,27,29)(H,30,31). The maximum Gasteiger partial charge on any atom is 0.335 e. The van der Waals surface area contributed by atoms with Crippen LogP contribution in [0, 0.1) is 19.7 Å². The van der Waals surface area contributed by atoms with Gasteiger partial charge in [-0.15, -0.1) is 0 Å². The lowest BCUT2D eigenvalue weighted by atomic mass is 10.0. The van der Waals surface area contributed by atoms with Gasteiger partial charge in [-0.1, -0.05) is 18.2 Å². The molecule has 0 aliphatic carbocycles. The number of aromatic nitrogens is 1. The fraction of sp³-hybridized carbons (Fsp3) is 0.0800. The first kappa shape index (κ1) is 20.2. The molecule has 0 saturated carbocycles. The van der Waals surface area contributed by atoms with Crippen molar-refractivity contribution in [3.05, 3.63) is 94.8 Å². The number of rotatable bonds is 4. The van der Waals surface area contributed by atoms with Crippen LogP contribution < -0.4 is 5.32 Å². The number of pyridine rings is 1. The average Bonchev–Trinajstić information content (AvgIpc) is 2.75. The number of aromatic carboxylic acids is 1. The number of carboxylic acid groups (broad SMARTS) is 1. The second-order valence-electron chi connectivity index (χ2n) is 7.36. The molecule has 0 radical (unpaired) electrons. The summed E-state index contributed by atoms with van der Waals surface area (Å²) in [6.45, 7) is 4.01. The summed E-state index contributed by atoms with van der Waals surface area (Å²) < 4.78 is 13.9. The fourth-order valence-corrected chi connectivity index (χ4v) is 3.36. The highest BCUT2D eigenvalue weighted by Crippen LogP contribution is 2.27. The maximum absolute atomic E-state index is 13.9. The number of carbonyl (C=O) groups excluding carboxylic acids is 1. The number of anilines is 1. The zero-order valence-corrected chi connectivity index (χ0v) is 16.9. The van der Waals surface area contributed by atoms with Gasteiger partial charge in [0.1, 0.15) is 5.82 Å². The molecule has 0 spiro atoms. The summed E-state index contributed by atoms with van der Waals surface area (Å²) in [6.07, 6.45) is 0. The van der Waals surface area contributed by atoms with E-state index in [2.05, 4.69) is 10.3 Å². The Kier molecular flexibility index (Phi) is 5.21.